The zero-order valence-electron chi connectivity index (χ0n) is 16.0. The van der Waals surface area contributed by atoms with Crippen molar-refractivity contribution in [2.75, 3.05) is 5.32 Å². The first-order chi connectivity index (χ1) is 14.8. The van der Waals surface area contributed by atoms with E-state index >= 15 is 0 Å². The number of fused-ring (bicyclic) bond motifs is 1. The predicted molar refractivity (Wildman–Crippen MR) is 107 cm³/mol. The lowest BCUT2D eigenvalue weighted by molar-refractivity contribution is 0.0552. The van der Waals surface area contributed by atoms with Crippen LogP contribution in [0.4, 0.5) is 23.7 Å². The molecule has 0 fully saturated rings. The van der Waals surface area contributed by atoms with Crippen molar-refractivity contribution in [1.29, 1.82) is 0 Å². The number of alkyl halides is 2. The molecule has 0 aliphatic heterocycles. The van der Waals surface area contributed by atoms with Gasteiger partial charge in [-0.15, -0.1) is 4.36 Å². The fourth-order valence-corrected chi connectivity index (χ4v) is 4.36. The number of urea groups is 1. The molecule has 0 saturated heterocycles. The van der Waals surface area contributed by atoms with Gasteiger partial charge in [0.05, 0.1) is 11.9 Å². The topological polar surface area (TPSA) is 115 Å². The largest absolute Gasteiger partial charge is 0.354 e. The third-order valence-electron chi connectivity index (χ3n) is 4.78. The first-order valence-electron chi connectivity index (χ1n) is 9.21. The summed E-state index contributed by atoms with van der Waals surface area (Å²) in [6, 6.07) is 8.05. The van der Waals surface area contributed by atoms with Gasteiger partial charge in [-0.2, -0.15) is 13.9 Å². The smallest absolute Gasteiger partial charge is 0.305 e. The summed E-state index contributed by atoms with van der Waals surface area (Å²) in [7, 11) is -4.21. The van der Waals surface area contributed by atoms with Gasteiger partial charge >= 0.3 is 12.6 Å². The molecule has 1 atom stereocenters. The van der Waals surface area contributed by atoms with Crippen LogP contribution in [0.15, 0.2) is 52.1 Å². The fourth-order valence-electron chi connectivity index (χ4n) is 3.44. The van der Waals surface area contributed by atoms with Gasteiger partial charge in [-0.1, -0.05) is 30.3 Å². The van der Waals surface area contributed by atoms with Gasteiger partial charge in [0.2, 0.25) is 5.03 Å². The van der Waals surface area contributed by atoms with E-state index in [0.29, 0.717) is 23.9 Å². The van der Waals surface area contributed by atoms with E-state index in [1.165, 1.54) is 0 Å². The number of hydrogen-bond acceptors (Lipinski definition) is 4. The highest BCUT2D eigenvalue weighted by atomic mass is 32.2. The number of nitrogens with zero attached hydrogens (tertiary/aromatic N) is 4. The minimum atomic E-state index is -4.21. The molecule has 1 unspecified atom stereocenters. The number of nitrogens with one attached hydrogen (secondary N) is 1. The number of hydrogen-bond donors (Lipinski definition) is 2. The van der Waals surface area contributed by atoms with E-state index < -0.39 is 33.3 Å². The molecule has 1 aromatic carbocycles. The lowest BCUT2D eigenvalue weighted by Gasteiger charge is -2.14. The van der Waals surface area contributed by atoms with Crippen molar-refractivity contribution in [1.82, 2.24) is 14.8 Å². The van der Waals surface area contributed by atoms with Crippen LogP contribution >= 0.6 is 0 Å². The molecule has 0 saturated carbocycles. The van der Waals surface area contributed by atoms with Crippen molar-refractivity contribution in [2.45, 2.75) is 30.8 Å². The van der Waals surface area contributed by atoms with E-state index in [1.807, 2.05) is 30.3 Å². The summed E-state index contributed by atoms with van der Waals surface area (Å²) in [4.78, 5) is 17.0. The van der Waals surface area contributed by atoms with Crippen molar-refractivity contribution in [2.24, 2.45) is 9.50 Å². The molecule has 2 amide bonds. The summed E-state index contributed by atoms with van der Waals surface area (Å²) in [6.45, 7) is -3.17. The van der Waals surface area contributed by atoms with Gasteiger partial charge in [-0.25, -0.2) is 23.2 Å². The number of carbonyl (C=O) groups is 1. The second-order valence-corrected chi connectivity index (χ2v) is 8.53. The normalized spacial score (nSPS) is 14.9. The number of carbonyl (C=O) groups excluding carboxylic acids is 1. The molecule has 2 aromatic heterocycles. The molecule has 4 rings (SSSR count). The molecule has 0 radical (unpaired) electrons. The Morgan fingerprint density at radius 3 is 2.68 bits per heavy atom. The minimum Gasteiger partial charge on any atom is -0.305 e. The van der Waals surface area contributed by atoms with Gasteiger partial charge in [0, 0.05) is 17.5 Å². The number of rotatable bonds is 4. The van der Waals surface area contributed by atoms with Crippen LogP contribution in [0.2, 0.25) is 0 Å². The second kappa shape index (κ2) is 8.12. The van der Waals surface area contributed by atoms with Gasteiger partial charge in [0.25, 0.3) is 0 Å². The van der Waals surface area contributed by atoms with Crippen LogP contribution < -0.4 is 10.5 Å². The Labute approximate surface area is 175 Å². The third-order valence-corrected chi connectivity index (χ3v) is 6.05. The average molecular weight is 450 g/mol. The molecule has 1 aliphatic rings. The summed E-state index contributed by atoms with van der Waals surface area (Å²) in [5.41, 5.74) is 3.50. The molecule has 8 nitrogen and oxygen atoms in total. The van der Waals surface area contributed by atoms with E-state index in [4.69, 9.17) is 5.14 Å². The minimum absolute atomic E-state index is 0.0478. The number of halogens is 3. The fraction of sp³-hybridized carbons (Fsp3) is 0.211. The van der Waals surface area contributed by atoms with Crippen molar-refractivity contribution < 1.29 is 22.2 Å². The summed E-state index contributed by atoms with van der Waals surface area (Å²) >= 11 is 0. The Bertz CT molecular complexity index is 1270. The van der Waals surface area contributed by atoms with Gasteiger partial charge in [-0.3, -0.25) is 4.98 Å². The molecule has 2 heterocycles. The Hall–Kier alpha value is -3.25. The number of nitrogens with two attached hydrogens (primary N) is 1. The zero-order chi connectivity index (χ0) is 22.2. The van der Waals surface area contributed by atoms with E-state index in [9.17, 15) is 22.2 Å². The number of amides is 2. The number of anilines is 1. The Kier molecular flexibility index (Phi) is 5.50. The molecule has 1 aliphatic carbocycles. The second-order valence-electron chi connectivity index (χ2n) is 6.82. The number of aryl methyl sites for hydroxylation is 1. The SMILES string of the molecule is NS(=O)(=NC(=O)Nc1c(-c2ccccc2)cnc2c1CCC2)c1nn(C(F)F)cc1F. The summed E-state index contributed by atoms with van der Waals surface area (Å²) in [5, 5.41) is 10.2. The highest BCUT2D eigenvalue weighted by Crippen LogP contribution is 2.36. The zero-order valence-corrected chi connectivity index (χ0v) is 16.8. The maximum atomic E-state index is 13.9. The summed E-state index contributed by atoms with van der Waals surface area (Å²) in [5.74, 6) is -1.35. The Morgan fingerprint density at radius 2 is 2.00 bits per heavy atom. The molecule has 3 N–H and O–H groups in total. The van der Waals surface area contributed by atoms with Crippen LogP contribution in [0.25, 0.3) is 11.1 Å². The summed E-state index contributed by atoms with van der Waals surface area (Å²) < 4.78 is 55.3. The quantitative estimate of drug-likeness (QED) is 0.627. The van der Waals surface area contributed by atoms with Crippen LogP contribution in [-0.2, 0) is 22.8 Å². The molecule has 3 aromatic rings. The average Bonchev–Trinajstić information content (AvgIpc) is 3.35. The van der Waals surface area contributed by atoms with E-state index in [1.54, 1.807) is 6.20 Å². The van der Waals surface area contributed by atoms with Crippen LogP contribution in [-0.4, -0.2) is 25.0 Å². The first-order valence-corrected chi connectivity index (χ1v) is 10.8. The molecule has 0 bridgehead atoms. The van der Waals surface area contributed by atoms with E-state index in [0.717, 1.165) is 29.7 Å². The van der Waals surface area contributed by atoms with Gasteiger partial charge in [0.15, 0.2) is 15.7 Å². The number of aromatic nitrogens is 3. The standard InChI is InChI=1S/C19H17F3N6O2S/c20-14-10-28(18(21)22)26-17(14)31(23,30)27-19(29)25-16-12-7-4-8-15(12)24-9-13(16)11-5-2-1-3-6-11/h1-3,5-6,9-10,18H,4,7-8H2,(H3,23,24,25,27,29,30). The van der Waals surface area contributed by atoms with E-state index in [-0.39, 0.29) is 4.68 Å². The number of benzene rings is 1. The molecular formula is C19H17F3N6O2S. The molecular weight excluding hydrogens is 433 g/mol. The van der Waals surface area contributed by atoms with Crippen molar-refractivity contribution in [3.05, 3.63) is 59.8 Å². The van der Waals surface area contributed by atoms with Crippen LogP contribution in [0, 0.1) is 5.82 Å². The van der Waals surface area contributed by atoms with Crippen LogP contribution in [0.5, 0.6) is 0 Å². The third kappa shape index (κ3) is 4.16. The van der Waals surface area contributed by atoms with Gasteiger partial charge < -0.3 is 5.32 Å². The predicted octanol–water partition coefficient (Wildman–Crippen LogP) is 3.90. The maximum Gasteiger partial charge on any atom is 0.354 e. The van der Waals surface area contributed by atoms with Crippen LogP contribution in [0.3, 0.4) is 0 Å². The lowest BCUT2D eigenvalue weighted by atomic mass is 10.0. The Morgan fingerprint density at radius 1 is 1.26 bits per heavy atom. The first kappa shape index (κ1) is 21.0. The van der Waals surface area contributed by atoms with Gasteiger partial charge in [-0.05, 0) is 30.4 Å². The molecule has 162 valence electrons. The Balaban J connectivity index is 1.72. The molecule has 31 heavy (non-hydrogen) atoms. The van der Waals surface area contributed by atoms with Crippen LogP contribution in [0.1, 0.15) is 24.2 Å². The number of pyridine rings is 1. The van der Waals surface area contributed by atoms with E-state index in [2.05, 4.69) is 19.8 Å². The maximum absolute atomic E-state index is 13.9. The highest BCUT2D eigenvalue weighted by Gasteiger charge is 2.25. The lowest BCUT2D eigenvalue weighted by Crippen LogP contribution is -2.20. The summed E-state index contributed by atoms with van der Waals surface area (Å²) in [6.07, 6.45) is 4.23. The monoisotopic (exact) mass is 450 g/mol. The van der Waals surface area contributed by atoms with Crippen molar-refractivity contribution in [3.8, 4) is 11.1 Å². The van der Waals surface area contributed by atoms with Crippen molar-refractivity contribution >= 4 is 21.6 Å². The molecule has 12 heteroatoms. The highest BCUT2D eigenvalue weighted by molar-refractivity contribution is 7.91. The van der Waals surface area contributed by atoms with Crippen molar-refractivity contribution in [3.63, 3.8) is 0 Å². The van der Waals surface area contributed by atoms with Gasteiger partial charge in [0.1, 0.15) is 0 Å². The molecule has 0 spiro atoms.